The van der Waals surface area contributed by atoms with E-state index in [0.29, 0.717) is 5.56 Å². The molecule has 0 saturated carbocycles. The number of rotatable bonds is 1. The Morgan fingerprint density at radius 3 is 2.06 bits per heavy atom. The highest BCUT2D eigenvalue weighted by Gasteiger charge is 2.03. The fraction of sp³-hybridized carbons (Fsp3) is 0.333. The smallest absolute Gasteiger partial charge is 0.374 e. The number of ether oxygens (including phenoxy) is 1. The summed E-state index contributed by atoms with van der Waals surface area (Å²) in [6.45, 7) is 4.79. The molecule has 16 heavy (non-hydrogen) atoms. The standard InChI is InChI=1S/C8H9F.C4H6O3/c1-6-3-4-7(2)8(9)5-6;1-3(5)4(6)7-2/h3-5H,1-2H3;1-2H3. The van der Waals surface area contributed by atoms with Gasteiger partial charge >= 0.3 is 5.97 Å². The van der Waals surface area contributed by atoms with E-state index in [0.717, 1.165) is 12.5 Å². The minimum atomic E-state index is -0.792. The van der Waals surface area contributed by atoms with E-state index in [-0.39, 0.29) is 5.82 Å². The quantitative estimate of drug-likeness (QED) is 0.544. The zero-order chi connectivity index (χ0) is 12.7. The van der Waals surface area contributed by atoms with Gasteiger partial charge in [0.25, 0.3) is 0 Å². The van der Waals surface area contributed by atoms with Gasteiger partial charge in [-0.3, -0.25) is 4.79 Å². The van der Waals surface area contributed by atoms with E-state index >= 15 is 0 Å². The first-order valence-electron chi connectivity index (χ1n) is 4.70. The molecular formula is C12H15FO3. The molecule has 0 aromatic heterocycles. The van der Waals surface area contributed by atoms with Gasteiger partial charge in [0.05, 0.1) is 7.11 Å². The van der Waals surface area contributed by atoms with Crippen molar-refractivity contribution in [1.29, 1.82) is 0 Å². The fourth-order valence-electron chi connectivity index (χ4n) is 0.842. The highest BCUT2D eigenvalue weighted by molar-refractivity contribution is 6.32. The summed E-state index contributed by atoms with van der Waals surface area (Å²) >= 11 is 0. The van der Waals surface area contributed by atoms with Crippen molar-refractivity contribution in [3.63, 3.8) is 0 Å². The van der Waals surface area contributed by atoms with E-state index in [9.17, 15) is 14.0 Å². The Morgan fingerprint density at radius 1 is 1.25 bits per heavy atom. The van der Waals surface area contributed by atoms with Crippen molar-refractivity contribution in [2.24, 2.45) is 0 Å². The second kappa shape index (κ2) is 6.71. The van der Waals surface area contributed by atoms with Crippen LogP contribution in [0.4, 0.5) is 4.39 Å². The van der Waals surface area contributed by atoms with Gasteiger partial charge in [-0.05, 0) is 31.0 Å². The van der Waals surface area contributed by atoms with Crippen molar-refractivity contribution < 1.29 is 18.7 Å². The van der Waals surface area contributed by atoms with Gasteiger partial charge in [-0.15, -0.1) is 0 Å². The monoisotopic (exact) mass is 226 g/mol. The molecule has 88 valence electrons. The van der Waals surface area contributed by atoms with Crippen LogP contribution in [0, 0.1) is 19.7 Å². The number of halogens is 1. The fourth-order valence-corrected chi connectivity index (χ4v) is 0.842. The highest BCUT2D eigenvalue weighted by Crippen LogP contribution is 2.06. The van der Waals surface area contributed by atoms with Crippen molar-refractivity contribution >= 4 is 11.8 Å². The molecule has 1 rings (SSSR count). The molecule has 0 saturated heterocycles. The Morgan fingerprint density at radius 2 is 1.81 bits per heavy atom. The number of carbonyl (C=O) groups is 2. The zero-order valence-corrected chi connectivity index (χ0v) is 9.83. The van der Waals surface area contributed by atoms with Crippen molar-refractivity contribution in [3.8, 4) is 0 Å². The second-order valence-electron chi connectivity index (χ2n) is 3.30. The second-order valence-corrected chi connectivity index (χ2v) is 3.30. The molecule has 0 aliphatic carbocycles. The van der Waals surface area contributed by atoms with Gasteiger partial charge in [-0.25, -0.2) is 9.18 Å². The number of esters is 1. The van der Waals surface area contributed by atoms with Gasteiger partial charge in [0.1, 0.15) is 5.82 Å². The Balaban J connectivity index is 0.000000293. The van der Waals surface area contributed by atoms with Crippen LogP contribution in [0.2, 0.25) is 0 Å². The van der Waals surface area contributed by atoms with Gasteiger partial charge in [-0.1, -0.05) is 12.1 Å². The third-order valence-electron chi connectivity index (χ3n) is 1.80. The molecule has 0 amide bonds. The van der Waals surface area contributed by atoms with Gasteiger partial charge in [0.15, 0.2) is 0 Å². The summed E-state index contributed by atoms with van der Waals surface area (Å²) in [4.78, 5) is 19.8. The molecule has 0 aliphatic rings. The molecule has 0 atom stereocenters. The summed E-state index contributed by atoms with van der Waals surface area (Å²) in [5, 5.41) is 0. The van der Waals surface area contributed by atoms with Crippen LogP contribution in [-0.2, 0) is 14.3 Å². The van der Waals surface area contributed by atoms with Crippen LogP contribution in [0.3, 0.4) is 0 Å². The normalized spacial score (nSPS) is 8.81. The summed E-state index contributed by atoms with van der Waals surface area (Å²) in [5.74, 6) is -1.47. The summed E-state index contributed by atoms with van der Waals surface area (Å²) in [5.41, 5.74) is 1.68. The summed E-state index contributed by atoms with van der Waals surface area (Å²) in [7, 11) is 1.17. The number of benzene rings is 1. The Hall–Kier alpha value is -1.71. The average Bonchev–Trinajstić information content (AvgIpc) is 2.23. The molecule has 0 heterocycles. The Kier molecular flexibility index (Phi) is 6.00. The van der Waals surface area contributed by atoms with Gasteiger partial charge < -0.3 is 4.74 Å². The summed E-state index contributed by atoms with van der Waals surface area (Å²) in [6, 6.07) is 5.22. The number of hydrogen-bond donors (Lipinski definition) is 0. The van der Waals surface area contributed by atoms with Crippen LogP contribution in [0.25, 0.3) is 0 Å². The molecule has 0 bridgehead atoms. The first kappa shape index (κ1) is 14.3. The van der Waals surface area contributed by atoms with Crippen LogP contribution in [0.5, 0.6) is 0 Å². The maximum atomic E-state index is 12.6. The molecule has 0 radical (unpaired) electrons. The van der Waals surface area contributed by atoms with Crippen molar-refractivity contribution in [3.05, 3.63) is 35.1 Å². The minimum Gasteiger partial charge on any atom is -0.463 e. The number of carbonyl (C=O) groups excluding carboxylic acids is 2. The molecule has 4 heteroatoms. The van der Waals surface area contributed by atoms with E-state index in [1.165, 1.54) is 13.2 Å². The van der Waals surface area contributed by atoms with Gasteiger partial charge in [-0.2, -0.15) is 0 Å². The third-order valence-corrected chi connectivity index (χ3v) is 1.80. The third kappa shape index (κ3) is 5.24. The van der Waals surface area contributed by atoms with E-state index < -0.39 is 11.8 Å². The number of aryl methyl sites for hydroxylation is 2. The lowest BCUT2D eigenvalue weighted by molar-refractivity contribution is -0.150. The molecule has 0 fully saturated rings. The molecule has 0 unspecified atom stereocenters. The van der Waals surface area contributed by atoms with Crippen LogP contribution in [-0.4, -0.2) is 18.9 Å². The maximum absolute atomic E-state index is 12.6. The van der Waals surface area contributed by atoms with Crippen LogP contribution in [0.15, 0.2) is 18.2 Å². The summed E-state index contributed by atoms with van der Waals surface area (Å²) < 4.78 is 16.6. The van der Waals surface area contributed by atoms with Crippen LogP contribution < -0.4 is 0 Å². The summed E-state index contributed by atoms with van der Waals surface area (Å²) in [6.07, 6.45) is 0. The van der Waals surface area contributed by atoms with Crippen LogP contribution in [0.1, 0.15) is 18.1 Å². The maximum Gasteiger partial charge on any atom is 0.374 e. The zero-order valence-electron chi connectivity index (χ0n) is 9.83. The molecular weight excluding hydrogens is 211 g/mol. The Labute approximate surface area is 94.2 Å². The van der Waals surface area contributed by atoms with E-state index in [2.05, 4.69) is 4.74 Å². The molecule has 0 N–H and O–H groups in total. The van der Waals surface area contributed by atoms with Gasteiger partial charge in [0.2, 0.25) is 5.78 Å². The predicted octanol–water partition coefficient (Wildman–Crippen LogP) is 2.19. The minimum absolute atomic E-state index is 0.116. The lowest BCUT2D eigenvalue weighted by Gasteiger charge is -1.94. The largest absolute Gasteiger partial charge is 0.463 e. The lowest BCUT2D eigenvalue weighted by atomic mass is 10.2. The lowest BCUT2D eigenvalue weighted by Crippen LogP contribution is -2.10. The van der Waals surface area contributed by atoms with Crippen molar-refractivity contribution in [2.45, 2.75) is 20.8 Å². The first-order valence-corrected chi connectivity index (χ1v) is 4.70. The molecule has 0 spiro atoms. The van der Waals surface area contributed by atoms with E-state index in [4.69, 9.17) is 0 Å². The number of ketones is 1. The number of methoxy groups -OCH3 is 1. The van der Waals surface area contributed by atoms with E-state index in [1.54, 1.807) is 13.0 Å². The molecule has 3 nitrogen and oxygen atoms in total. The molecule has 0 aliphatic heterocycles. The van der Waals surface area contributed by atoms with Crippen molar-refractivity contribution in [2.75, 3.05) is 7.11 Å². The van der Waals surface area contributed by atoms with Crippen molar-refractivity contribution in [1.82, 2.24) is 0 Å². The topological polar surface area (TPSA) is 43.4 Å². The van der Waals surface area contributed by atoms with E-state index in [1.807, 2.05) is 13.0 Å². The molecule has 1 aromatic carbocycles. The van der Waals surface area contributed by atoms with Crippen LogP contribution >= 0.6 is 0 Å². The first-order chi connectivity index (χ1) is 7.38. The predicted molar refractivity (Wildman–Crippen MR) is 58.6 cm³/mol. The number of Topliss-reactive ketones (excluding diaryl/α,β-unsaturated/α-hetero) is 1. The van der Waals surface area contributed by atoms with Gasteiger partial charge in [0, 0.05) is 6.92 Å². The average molecular weight is 226 g/mol. The highest BCUT2D eigenvalue weighted by atomic mass is 19.1. The Bertz CT molecular complexity index is 386. The molecule has 1 aromatic rings. The number of hydrogen-bond acceptors (Lipinski definition) is 3. The SMILES string of the molecule is COC(=O)C(C)=O.Cc1ccc(C)c(F)c1.